The molecule has 0 aromatic heterocycles. The van der Waals surface area contributed by atoms with Gasteiger partial charge in [-0.15, -0.1) is 0 Å². The number of rotatable bonds is 7. The SMILES string of the molecule is CCCNC(C#N)(COC1CCOC1)C1CC1. The third-order valence-electron chi connectivity index (χ3n) is 3.60. The first-order chi connectivity index (χ1) is 8.30. The summed E-state index contributed by atoms with van der Waals surface area (Å²) >= 11 is 0. The van der Waals surface area contributed by atoms with Crippen LogP contribution in [-0.4, -0.2) is 38.0 Å². The van der Waals surface area contributed by atoms with E-state index in [1.165, 1.54) is 0 Å². The molecule has 1 N–H and O–H groups in total. The molecule has 4 nitrogen and oxygen atoms in total. The molecule has 17 heavy (non-hydrogen) atoms. The molecule has 1 saturated heterocycles. The highest BCUT2D eigenvalue weighted by Gasteiger charge is 2.46. The first-order valence-corrected chi connectivity index (χ1v) is 6.66. The summed E-state index contributed by atoms with van der Waals surface area (Å²) in [5.74, 6) is 0.473. The Hall–Kier alpha value is -0.630. The monoisotopic (exact) mass is 238 g/mol. The molecule has 1 saturated carbocycles. The lowest BCUT2D eigenvalue weighted by Gasteiger charge is -2.29. The minimum Gasteiger partial charge on any atom is -0.379 e. The fraction of sp³-hybridized carbons (Fsp3) is 0.923. The Bertz CT molecular complexity index is 280. The summed E-state index contributed by atoms with van der Waals surface area (Å²) in [6.45, 7) is 4.97. The van der Waals surface area contributed by atoms with Gasteiger partial charge in [-0.1, -0.05) is 6.92 Å². The van der Waals surface area contributed by atoms with Crippen molar-refractivity contribution in [1.29, 1.82) is 5.26 Å². The molecule has 1 aliphatic heterocycles. The summed E-state index contributed by atoms with van der Waals surface area (Å²) in [5.41, 5.74) is -0.460. The molecule has 96 valence electrons. The van der Waals surface area contributed by atoms with Crippen LogP contribution in [0.1, 0.15) is 32.6 Å². The van der Waals surface area contributed by atoms with Crippen LogP contribution in [0.15, 0.2) is 0 Å². The largest absolute Gasteiger partial charge is 0.379 e. The maximum Gasteiger partial charge on any atom is 0.133 e. The average Bonchev–Trinajstić information content (AvgIpc) is 3.08. The van der Waals surface area contributed by atoms with Crippen LogP contribution >= 0.6 is 0 Å². The molecule has 4 heteroatoms. The number of nitriles is 1. The Balaban J connectivity index is 1.87. The highest BCUT2D eigenvalue weighted by atomic mass is 16.5. The molecule has 1 heterocycles. The van der Waals surface area contributed by atoms with Crippen LogP contribution in [0, 0.1) is 17.2 Å². The predicted molar refractivity (Wildman–Crippen MR) is 64.5 cm³/mol. The van der Waals surface area contributed by atoms with Crippen molar-refractivity contribution in [1.82, 2.24) is 5.32 Å². The number of nitrogens with one attached hydrogen (secondary N) is 1. The quantitative estimate of drug-likeness (QED) is 0.729. The van der Waals surface area contributed by atoms with Gasteiger partial charge in [-0.3, -0.25) is 5.32 Å². The predicted octanol–water partition coefficient (Wildman–Crippen LogP) is 1.46. The highest BCUT2D eigenvalue weighted by Crippen LogP contribution is 2.40. The molecule has 0 radical (unpaired) electrons. The standard InChI is InChI=1S/C13H22N2O2/c1-2-6-15-13(9-14,11-3-4-11)10-17-12-5-7-16-8-12/h11-12,15H,2-8,10H2,1H3. The lowest BCUT2D eigenvalue weighted by molar-refractivity contribution is 0.0121. The third-order valence-corrected chi connectivity index (χ3v) is 3.60. The number of ether oxygens (including phenoxy) is 2. The Morgan fingerprint density at radius 3 is 2.82 bits per heavy atom. The van der Waals surface area contributed by atoms with Gasteiger partial charge in [-0.25, -0.2) is 0 Å². The maximum atomic E-state index is 9.46. The fourth-order valence-electron chi connectivity index (χ4n) is 2.29. The molecule has 0 aromatic rings. The van der Waals surface area contributed by atoms with Crippen molar-refractivity contribution < 1.29 is 9.47 Å². The van der Waals surface area contributed by atoms with E-state index < -0.39 is 5.54 Å². The second kappa shape index (κ2) is 5.81. The summed E-state index contributed by atoms with van der Waals surface area (Å²) in [7, 11) is 0. The van der Waals surface area contributed by atoms with Crippen LogP contribution in [0.2, 0.25) is 0 Å². The van der Waals surface area contributed by atoms with Crippen molar-refractivity contribution >= 4 is 0 Å². The van der Waals surface area contributed by atoms with Crippen LogP contribution in [-0.2, 0) is 9.47 Å². The summed E-state index contributed by atoms with van der Waals surface area (Å²) in [5, 5.41) is 12.9. The molecule has 0 amide bonds. The van der Waals surface area contributed by atoms with E-state index >= 15 is 0 Å². The van der Waals surface area contributed by atoms with E-state index in [0.29, 0.717) is 19.1 Å². The van der Waals surface area contributed by atoms with Gasteiger partial charge >= 0.3 is 0 Å². The molecule has 1 aliphatic carbocycles. The molecule has 0 spiro atoms. The van der Waals surface area contributed by atoms with Gasteiger partial charge in [0, 0.05) is 6.61 Å². The number of nitrogens with zero attached hydrogens (tertiary/aromatic N) is 1. The van der Waals surface area contributed by atoms with Gasteiger partial charge in [0.05, 0.1) is 25.4 Å². The van der Waals surface area contributed by atoms with Gasteiger partial charge in [0.1, 0.15) is 5.54 Å². The van der Waals surface area contributed by atoms with Crippen molar-refractivity contribution in [2.24, 2.45) is 5.92 Å². The second-order valence-electron chi connectivity index (χ2n) is 5.08. The zero-order valence-electron chi connectivity index (χ0n) is 10.6. The van der Waals surface area contributed by atoms with E-state index in [4.69, 9.17) is 9.47 Å². The van der Waals surface area contributed by atoms with Crippen LogP contribution in [0.5, 0.6) is 0 Å². The van der Waals surface area contributed by atoms with Crippen molar-refractivity contribution in [3.8, 4) is 6.07 Å². The Labute approximate surface area is 103 Å². The Morgan fingerprint density at radius 2 is 2.29 bits per heavy atom. The normalized spacial score (nSPS) is 27.6. The van der Waals surface area contributed by atoms with Gasteiger partial charge in [0.15, 0.2) is 0 Å². The van der Waals surface area contributed by atoms with Crippen LogP contribution < -0.4 is 5.32 Å². The number of hydrogen-bond donors (Lipinski definition) is 1. The molecule has 2 atom stereocenters. The highest BCUT2D eigenvalue weighted by molar-refractivity contribution is 5.15. The average molecular weight is 238 g/mol. The smallest absolute Gasteiger partial charge is 0.133 e. The first-order valence-electron chi connectivity index (χ1n) is 6.66. The van der Waals surface area contributed by atoms with E-state index in [0.717, 1.165) is 38.8 Å². The van der Waals surface area contributed by atoms with E-state index in [-0.39, 0.29) is 6.10 Å². The second-order valence-corrected chi connectivity index (χ2v) is 5.08. The zero-order valence-corrected chi connectivity index (χ0v) is 10.6. The molecule has 2 unspecified atom stereocenters. The van der Waals surface area contributed by atoms with Crippen LogP contribution in [0.4, 0.5) is 0 Å². The number of hydrogen-bond acceptors (Lipinski definition) is 4. The third kappa shape index (κ3) is 3.19. The minimum atomic E-state index is -0.460. The molecule has 0 aromatic carbocycles. The molecule has 2 fully saturated rings. The van der Waals surface area contributed by atoms with Crippen LogP contribution in [0.25, 0.3) is 0 Å². The molecular formula is C13H22N2O2. The summed E-state index contributed by atoms with van der Waals surface area (Å²) in [4.78, 5) is 0. The van der Waals surface area contributed by atoms with Gasteiger partial charge < -0.3 is 9.47 Å². The lowest BCUT2D eigenvalue weighted by Crippen LogP contribution is -2.51. The van der Waals surface area contributed by atoms with Crippen LogP contribution in [0.3, 0.4) is 0 Å². The molecular weight excluding hydrogens is 216 g/mol. The van der Waals surface area contributed by atoms with E-state index in [2.05, 4.69) is 18.3 Å². The Morgan fingerprint density at radius 1 is 1.47 bits per heavy atom. The van der Waals surface area contributed by atoms with E-state index in [1.807, 2.05) is 0 Å². The molecule has 2 rings (SSSR count). The van der Waals surface area contributed by atoms with Gasteiger partial charge in [0.2, 0.25) is 0 Å². The molecule has 0 bridgehead atoms. The molecule has 2 aliphatic rings. The van der Waals surface area contributed by atoms with Crippen molar-refractivity contribution in [2.75, 3.05) is 26.4 Å². The van der Waals surface area contributed by atoms with Crippen molar-refractivity contribution in [3.63, 3.8) is 0 Å². The summed E-state index contributed by atoms with van der Waals surface area (Å²) in [6, 6.07) is 2.46. The van der Waals surface area contributed by atoms with Gasteiger partial charge in [-0.2, -0.15) is 5.26 Å². The van der Waals surface area contributed by atoms with Gasteiger partial charge in [0.25, 0.3) is 0 Å². The fourth-order valence-corrected chi connectivity index (χ4v) is 2.29. The first kappa shape index (κ1) is 12.8. The van der Waals surface area contributed by atoms with Crippen molar-refractivity contribution in [3.05, 3.63) is 0 Å². The minimum absolute atomic E-state index is 0.185. The van der Waals surface area contributed by atoms with E-state index in [9.17, 15) is 5.26 Å². The lowest BCUT2D eigenvalue weighted by atomic mass is 9.96. The topological polar surface area (TPSA) is 54.3 Å². The summed E-state index contributed by atoms with van der Waals surface area (Å²) < 4.78 is 11.1. The van der Waals surface area contributed by atoms with Crippen molar-refractivity contribution in [2.45, 2.75) is 44.2 Å². The zero-order chi connectivity index (χ0) is 12.1. The maximum absolute atomic E-state index is 9.46. The Kier molecular flexibility index (Phi) is 4.38. The van der Waals surface area contributed by atoms with E-state index in [1.54, 1.807) is 0 Å². The summed E-state index contributed by atoms with van der Waals surface area (Å²) in [6.07, 6.45) is 4.48. The van der Waals surface area contributed by atoms with Gasteiger partial charge in [-0.05, 0) is 38.1 Å².